The van der Waals surface area contributed by atoms with Crippen molar-refractivity contribution in [2.75, 3.05) is 43.0 Å². The molecule has 0 unspecified atom stereocenters. The van der Waals surface area contributed by atoms with Crippen molar-refractivity contribution in [2.45, 2.75) is 46.0 Å². The lowest BCUT2D eigenvalue weighted by Gasteiger charge is -2.37. The number of anilines is 2. The topological polar surface area (TPSA) is 79.0 Å². The molecule has 1 saturated heterocycles. The summed E-state index contributed by atoms with van der Waals surface area (Å²) < 4.78 is 5.14. The molecule has 3 rings (SSSR count). The van der Waals surface area contributed by atoms with Gasteiger partial charge < -0.3 is 19.9 Å². The fraction of sp³-hybridized carbons (Fsp3) is 0.444. The van der Waals surface area contributed by atoms with Crippen molar-refractivity contribution >= 4 is 29.2 Å². The van der Waals surface area contributed by atoms with E-state index in [4.69, 9.17) is 4.74 Å². The Labute approximate surface area is 202 Å². The highest BCUT2D eigenvalue weighted by Crippen LogP contribution is 2.29. The van der Waals surface area contributed by atoms with Crippen LogP contribution in [0.25, 0.3) is 0 Å². The predicted molar refractivity (Wildman–Crippen MR) is 134 cm³/mol. The van der Waals surface area contributed by atoms with Gasteiger partial charge in [0.25, 0.3) is 5.91 Å². The van der Waals surface area contributed by atoms with E-state index in [1.807, 2.05) is 41.3 Å². The van der Waals surface area contributed by atoms with E-state index in [1.165, 1.54) is 0 Å². The summed E-state index contributed by atoms with van der Waals surface area (Å²) in [6.07, 6.45) is 4.54. The van der Waals surface area contributed by atoms with Crippen molar-refractivity contribution in [1.82, 2.24) is 4.90 Å². The molecule has 0 aromatic heterocycles. The number of ether oxygens (including phenoxy) is 1. The first-order valence-corrected chi connectivity index (χ1v) is 12.2. The Bertz CT molecular complexity index is 969. The Hall–Kier alpha value is -3.35. The van der Waals surface area contributed by atoms with E-state index in [2.05, 4.69) is 17.1 Å². The lowest BCUT2D eigenvalue weighted by molar-refractivity contribution is -0.116. The molecule has 7 nitrogen and oxygen atoms in total. The van der Waals surface area contributed by atoms with Gasteiger partial charge in [-0.3, -0.25) is 9.59 Å². The predicted octanol–water partition coefficient (Wildman–Crippen LogP) is 4.73. The molecule has 7 heteroatoms. The Morgan fingerprint density at radius 3 is 2.29 bits per heavy atom. The average molecular weight is 466 g/mol. The molecule has 0 spiro atoms. The van der Waals surface area contributed by atoms with Crippen LogP contribution in [0.5, 0.6) is 0 Å². The molecule has 0 radical (unpaired) electrons. The largest absolute Gasteiger partial charge is 0.462 e. The number of nitrogens with zero attached hydrogens (tertiary/aromatic N) is 2. The molecule has 0 atom stereocenters. The zero-order valence-electron chi connectivity index (χ0n) is 20.2. The van der Waals surface area contributed by atoms with Crippen LogP contribution >= 0.6 is 0 Å². The minimum absolute atomic E-state index is 0.0264. The molecule has 2 amide bonds. The Kier molecular flexibility index (Phi) is 9.50. The van der Waals surface area contributed by atoms with Crippen LogP contribution in [0, 0.1) is 0 Å². The van der Waals surface area contributed by atoms with E-state index in [-0.39, 0.29) is 18.4 Å². The normalized spacial score (nSPS) is 13.5. The van der Waals surface area contributed by atoms with Gasteiger partial charge in [0.1, 0.15) is 0 Å². The summed E-state index contributed by atoms with van der Waals surface area (Å²) in [4.78, 5) is 41.7. The van der Waals surface area contributed by atoms with Gasteiger partial charge in [-0.05, 0) is 43.7 Å². The van der Waals surface area contributed by atoms with E-state index < -0.39 is 5.97 Å². The molecule has 1 fully saturated rings. The summed E-state index contributed by atoms with van der Waals surface area (Å²) in [5, 5.41) is 3.01. The van der Waals surface area contributed by atoms with Crippen LogP contribution in [0.4, 0.5) is 11.4 Å². The highest BCUT2D eigenvalue weighted by molar-refractivity contribution is 5.98. The SMILES string of the molecule is CCCCCCC(=O)Nc1cc(C(=O)OCC)ccc1N1CCN(C(=O)c2ccccc2)CC1. The maximum absolute atomic E-state index is 12.8. The van der Waals surface area contributed by atoms with Crippen molar-refractivity contribution < 1.29 is 19.1 Å². The third-order valence-corrected chi connectivity index (χ3v) is 5.97. The van der Waals surface area contributed by atoms with Gasteiger partial charge in [0.2, 0.25) is 5.91 Å². The van der Waals surface area contributed by atoms with Gasteiger partial charge >= 0.3 is 5.97 Å². The van der Waals surface area contributed by atoms with Gasteiger partial charge in [0.05, 0.1) is 23.5 Å². The molecule has 2 aromatic rings. The first-order valence-electron chi connectivity index (χ1n) is 12.2. The number of nitrogens with one attached hydrogen (secondary N) is 1. The van der Waals surface area contributed by atoms with E-state index in [0.717, 1.165) is 31.4 Å². The second-order valence-corrected chi connectivity index (χ2v) is 8.46. The second-order valence-electron chi connectivity index (χ2n) is 8.46. The van der Waals surface area contributed by atoms with Crippen LogP contribution in [0.3, 0.4) is 0 Å². The van der Waals surface area contributed by atoms with Gasteiger partial charge in [-0.1, -0.05) is 44.4 Å². The number of piperazine rings is 1. The zero-order valence-corrected chi connectivity index (χ0v) is 20.2. The number of carbonyl (C=O) groups is 3. The Balaban J connectivity index is 1.71. The van der Waals surface area contributed by atoms with E-state index in [1.54, 1.807) is 19.1 Å². The minimum atomic E-state index is -0.411. The van der Waals surface area contributed by atoms with Crippen molar-refractivity contribution in [3.63, 3.8) is 0 Å². The molecular formula is C27H35N3O4. The summed E-state index contributed by atoms with van der Waals surface area (Å²) in [6.45, 7) is 6.63. The highest BCUT2D eigenvalue weighted by atomic mass is 16.5. The molecule has 1 heterocycles. The van der Waals surface area contributed by atoms with Crippen LogP contribution in [0.2, 0.25) is 0 Å². The van der Waals surface area contributed by atoms with Gasteiger partial charge in [-0.25, -0.2) is 4.79 Å². The van der Waals surface area contributed by atoms with Crippen LogP contribution in [0.15, 0.2) is 48.5 Å². The summed E-state index contributed by atoms with van der Waals surface area (Å²) in [7, 11) is 0. The fourth-order valence-corrected chi connectivity index (χ4v) is 4.09. The van der Waals surface area contributed by atoms with Gasteiger partial charge in [0.15, 0.2) is 0 Å². The number of esters is 1. The molecule has 182 valence electrons. The lowest BCUT2D eigenvalue weighted by atomic mass is 10.1. The van der Waals surface area contributed by atoms with Gasteiger partial charge in [-0.15, -0.1) is 0 Å². The van der Waals surface area contributed by atoms with Crippen LogP contribution in [0.1, 0.15) is 66.7 Å². The van der Waals surface area contributed by atoms with Gasteiger partial charge in [0, 0.05) is 38.2 Å². The molecular weight excluding hydrogens is 430 g/mol. The van der Waals surface area contributed by atoms with E-state index in [9.17, 15) is 14.4 Å². The highest BCUT2D eigenvalue weighted by Gasteiger charge is 2.24. The maximum Gasteiger partial charge on any atom is 0.338 e. The van der Waals surface area contributed by atoms with Crippen LogP contribution < -0.4 is 10.2 Å². The molecule has 1 N–H and O–H groups in total. The van der Waals surface area contributed by atoms with Gasteiger partial charge in [-0.2, -0.15) is 0 Å². The number of hydrogen-bond acceptors (Lipinski definition) is 5. The number of benzene rings is 2. The second kappa shape index (κ2) is 12.8. The molecule has 0 aliphatic carbocycles. The van der Waals surface area contributed by atoms with Crippen LogP contribution in [-0.2, 0) is 9.53 Å². The lowest BCUT2D eigenvalue weighted by Crippen LogP contribution is -2.49. The number of unbranched alkanes of at least 4 members (excludes halogenated alkanes) is 3. The fourth-order valence-electron chi connectivity index (χ4n) is 4.09. The monoisotopic (exact) mass is 465 g/mol. The summed E-state index contributed by atoms with van der Waals surface area (Å²) in [5.41, 5.74) is 2.55. The molecule has 1 aliphatic rings. The number of amides is 2. The quantitative estimate of drug-likeness (QED) is 0.405. The summed E-state index contributed by atoms with van der Waals surface area (Å²) in [6, 6.07) is 14.6. The van der Waals surface area contributed by atoms with Crippen molar-refractivity contribution in [3.8, 4) is 0 Å². The third-order valence-electron chi connectivity index (χ3n) is 5.97. The van der Waals surface area contributed by atoms with E-state index in [0.29, 0.717) is 49.4 Å². The van der Waals surface area contributed by atoms with E-state index >= 15 is 0 Å². The molecule has 0 saturated carbocycles. The smallest absolute Gasteiger partial charge is 0.338 e. The third kappa shape index (κ3) is 6.83. The number of hydrogen-bond donors (Lipinski definition) is 1. The zero-order chi connectivity index (χ0) is 24.3. The standard InChI is InChI=1S/C27H35N3O4/c1-3-5-6-10-13-25(31)28-23-20-22(27(33)34-4-2)14-15-24(23)29-16-18-30(19-17-29)26(32)21-11-8-7-9-12-21/h7-9,11-12,14-15,20H,3-6,10,13,16-19H2,1-2H3,(H,28,31). The molecule has 2 aromatic carbocycles. The first-order chi connectivity index (χ1) is 16.5. The summed E-state index contributed by atoms with van der Waals surface area (Å²) in [5.74, 6) is -0.444. The van der Waals surface area contributed by atoms with Crippen molar-refractivity contribution in [3.05, 3.63) is 59.7 Å². The molecule has 0 bridgehead atoms. The first kappa shape index (κ1) is 25.3. The molecule has 1 aliphatic heterocycles. The number of carbonyl (C=O) groups excluding carboxylic acids is 3. The molecule has 34 heavy (non-hydrogen) atoms. The number of rotatable bonds is 10. The average Bonchev–Trinajstić information content (AvgIpc) is 2.87. The van der Waals surface area contributed by atoms with Crippen molar-refractivity contribution in [1.29, 1.82) is 0 Å². The minimum Gasteiger partial charge on any atom is -0.462 e. The van der Waals surface area contributed by atoms with Crippen LogP contribution in [-0.4, -0.2) is 55.5 Å². The summed E-state index contributed by atoms with van der Waals surface area (Å²) >= 11 is 0. The Morgan fingerprint density at radius 2 is 1.62 bits per heavy atom. The van der Waals surface area contributed by atoms with Crippen molar-refractivity contribution in [2.24, 2.45) is 0 Å². The maximum atomic E-state index is 12.8. The Morgan fingerprint density at radius 1 is 0.882 bits per heavy atom.